The fourth-order valence-electron chi connectivity index (χ4n) is 1.99. The van der Waals surface area contributed by atoms with Crippen molar-refractivity contribution in [3.63, 3.8) is 0 Å². The first-order valence-electron chi connectivity index (χ1n) is 5.38. The van der Waals surface area contributed by atoms with Crippen LogP contribution in [0.2, 0.25) is 0 Å². The molecule has 0 aliphatic heterocycles. The van der Waals surface area contributed by atoms with Crippen LogP contribution in [-0.4, -0.2) is 26.8 Å². The van der Waals surface area contributed by atoms with Crippen LogP contribution >= 0.6 is 0 Å². The quantitative estimate of drug-likeness (QED) is 0.770. The Morgan fingerprint density at radius 2 is 2.07 bits per heavy atom. The number of rotatable bonds is 3. The molecule has 1 heterocycles. The predicted molar refractivity (Wildman–Crippen MR) is 52.7 cm³/mol. The van der Waals surface area contributed by atoms with E-state index >= 15 is 0 Å². The molecule has 0 radical (unpaired) electrons. The number of aromatic nitrogens is 4. The highest BCUT2D eigenvalue weighted by molar-refractivity contribution is 4.92. The van der Waals surface area contributed by atoms with Gasteiger partial charge in [0.1, 0.15) is 0 Å². The Bertz CT molecular complexity index is 276. The molecule has 14 heavy (non-hydrogen) atoms. The highest BCUT2D eigenvalue weighted by Gasteiger charge is 2.19. The van der Waals surface area contributed by atoms with Crippen LogP contribution < -0.4 is 5.73 Å². The van der Waals surface area contributed by atoms with Gasteiger partial charge in [-0.25, -0.2) is 0 Å². The van der Waals surface area contributed by atoms with E-state index in [1.54, 1.807) is 4.80 Å². The third-order valence-electron chi connectivity index (χ3n) is 2.77. The lowest BCUT2D eigenvalue weighted by Crippen LogP contribution is -2.13. The van der Waals surface area contributed by atoms with Crippen LogP contribution in [0.15, 0.2) is 0 Å². The van der Waals surface area contributed by atoms with Crippen molar-refractivity contribution < 1.29 is 0 Å². The zero-order chi connectivity index (χ0) is 9.80. The van der Waals surface area contributed by atoms with Crippen LogP contribution in [0.3, 0.4) is 0 Å². The van der Waals surface area contributed by atoms with E-state index in [0.29, 0.717) is 19.0 Å². The summed E-state index contributed by atoms with van der Waals surface area (Å²) in [6, 6.07) is 0. The molecular formula is C9H17N5. The van der Waals surface area contributed by atoms with E-state index < -0.39 is 0 Å². The molecule has 5 heteroatoms. The van der Waals surface area contributed by atoms with E-state index in [0.717, 1.165) is 5.82 Å². The van der Waals surface area contributed by atoms with E-state index in [1.165, 1.54) is 32.1 Å². The lowest BCUT2D eigenvalue weighted by Gasteiger charge is -2.17. The number of nitrogens with two attached hydrogens (primary N) is 1. The van der Waals surface area contributed by atoms with Crippen molar-refractivity contribution in [2.45, 2.75) is 44.6 Å². The lowest BCUT2D eigenvalue weighted by molar-refractivity contribution is 0.425. The first kappa shape index (κ1) is 9.58. The van der Waals surface area contributed by atoms with Gasteiger partial charge in [0.15, 0.2) is 5.82 Å². The second-order valence-corrected chi connectivity index (χ2v) is 3.87. The first-order chi connectivity index (χ1) is 6.90. The van der Waals surface area contributed by atoms with E-state index in [4.69, 9.17) is 5.73 Å². The van der Waals surface area contributed by atoms with E-state index in [1.807, 2.05) is 0 Å². The number of tetrazole rings is 1. The van der Waals surface area contributed by atoms with Crippen LogP contribution in [0.1, 0.15) is 43.8 Å². The number of hydrogen-bond acceptors (Lipinski definition) is 4. The van der Waals surface area contributed by atoms with E-state index in [-0.39, 0.29) is 0 Å². The summed E-state index contributed by atoms with van der Waals surface area (Å²) < 4.78 is 0. The highest BCUT2D eigenvalue weighted by atomic mass is 15.6. The molecule has 1 aliphatic rings. The summed E-state index contributed by atoms with van der Waals surface area (Å²) in [6.07, 6.45) is 6.39. The minimum absolute atomic E-state index is 0.537. The van der Waals surface area contributed by atoms with Gasteiger partial charge in [-0.15, -0.1) is 10.2 Å². The molecule has 0 atom stereocenters. The summed E-state index contributed by atoms with van der Waals surface area (Å²) >= 11 is 0. The van der Waals surface area contributed by atoms with Gasteiger partial charge in [-0.2, -0.15) is 4.80 Å². The molecule has 1 aromatic heterocycles. The Kier molecular flexibility index (Phi) is 3.08. The minimum atomic E-state index is 0.537. The predicted octanol–water partition coefficient (Wildman–Crippen LogP) is 0.679. The summed E-state index contributed by atoms with van der Waals surface area (Å²) in [7, 11) is 0. The lowest BCUT2D eigenvalue weighted by atomic mass is 9.89. The van der Waals surface area contributed by atoms with Crippen LogP contribution in [0, 0.1) is 0 Å². The Balaban J connectivity index is 2.00. The maximum absolute atomic E-state index is 5.42. The number of hydrogen-bond donors (Lipinski definition) is 1. The summed E-state index contributed by atoms with van der Waals surface area (Å²) in [5.41, 5.74) is 5.42. The molecule has 0 unspecified atom stereocenters. The normalized spacial score (nSPS) is 18.6. The smallest absolute Gasteiger partial charge is 0.177 e. The Labute approximate surface area is 83.7 Å². The van der Waals surface area contributed by atoms with Crippen molar-refractivity contribution >= 4 is 0 Å². The fourth-order valence-corrected chi connectivity index (χ4v) is 1.99. The van der Waals surface area contributed by atoms with Crippen molar-refractivity contribution in [1.82, 2.24) is 20.2 Å². The van der Waals surface area contributed by atoms with Gasteiger partial charge in [0.25, 0.3) is 0 Å². The van der Waals surface area contributed by atoms with Gasteiger partial charge in [0.05, 0.1) is 6.54 Å². The van der Waals surface area contributed by atoms with Gasteiger partial charge >= 0.3 is 0 Å². The summed E-state index contributed by atoms with van der Waals surface area (Å²) in [4.78, 5) is 1.60. The molecule has 1 aliphatic carbocycles. The number of nitrogens with zero attached hydrogens (tertiary/aromatic N) is 4. The second kappa shape index (κ2) is 4.50. The van der Waals surface area contributed by atoms with Gasteiger partial charge in [0, 0.05) is 12.5 Å². The van der Waals surface area contributed by atoms with Gasteiger partial charge < -0.3 is 5.73 Å². The van der Waals surface area contributed by atoms with Crippen molar-refractivity contribution in [3.05, 3.63) is 5.82 Å². The van der Waals surface area contributed by atoms with E-state index in [2.05, 4.69) is 15.4 Å². The first-order valence-corrected chi connectivity index (χ1v) is 5.38. The summed E-state index contributed by atoms with van der Waals surface area (Å²) in [5.74, 6) is 1.45. The summed E-state index contributed by atoms with van der Waals surface area (Å²) in [6.45, 7) is 1.24. The molecule has 2 rings (SSSR count). The molecule has 1 saturated carbocycles. The largest absolute Gasteiger partial charge is 0.329 e. The molecule has 0 aromatic carbocycles. The topological polar surface area (TPSA) is 69.6 Å². The fraction of sp³-hybridized carbons (Fsp3) is 0.889. The van der Waals surface area contributed by atoms with Crippen LogP contribution in [0.5, 0.6) is 0 Å². The third-order valence-corrected chi connectivity index (χ3v) is 2.77. The maximum atomic E-state index is 5.42. The Hall–Kier alpha value is -0.970. The molecule has 0 amide bonds. The second-order valence-electron chi connectivity index (χ2n) is 3.87. The van der Waals surface area contributed by atoms with Crippen LogP contribution in [0.25, 0.3) is 0 Å². The average Bonchev–Trinajstić information content (AvgIpc) is 2.68. The van der Waals surface area contributed by atoms with Crippen LogP contribution in [0.4, 0.5) is 0 Å². The monoisotopic (exact) mass is 195 g/mol. The summed E-state index contributed by atoms with van der Waals surface area (Å²) in [5, 5.41) is 12.4. The van der Waals surface area contributed by atoms with Gasteiger partial charge in [-0.3, -0.25) is 0 Å². The standard InChI is InChI=1S/C9H17N5/c10-6-7-14-12-9(11-13-14)8-4-2-1-3-5-8/h8H,1-7,10H2. The molecule has 0 saturated heterocycles. The average molecular weight is 195 g/mol. The molecule has 1 aromatic rings. The SMILES string of the molecule is NCCn1nnc(C2CCCCC2)n1. The molecule has 2 N–H and O–H groups in total. The van der Waals surface area contributed by atoms with E-state index in [9.17, 15) is 0 Å². The molecule has 0 spiro atoms. The van der Waals surface area contributed by atoms with Crippen molar-refractivity contribution in [3.8, 4) is 0 Å². The molecule has 5 nitrogen and oxygen atoms in total. The van der Waals surface area contributed by atoms with Crippen molar-refractivity contribution in [1.29, 1.82) is 0 Å². The maximum Gasteiger partial charge on any atom is 0.177 e. The van der Waals surface area contributed by atoms with Crippen molar-refractivity contribution in [2.24, 2.45) is 5.73 Å². The van der Waals surface area contributed by atoms with Crippen LogP contribution in [-0.2, 0) is 6.54 Å². The Morgan fingerprint density at radius 3 is 2.79 bits per heavy atom. The molecule has 78 valence electrons. The zero-order valence-electron chi connectivity index (χ0n) is 8.39. The van der Waals surface area contributed by atoms with Gasteiger partial charge in [-0.05, 0) is 18.1 Å². The van der Waals surface area contributed by atoms with Crippen molar-refractivity contribution in [2.75, 3.05) is 6.54 Å². The molecule has 1 fully saturated rings. The molecular weight excluding hydrogens is 178 g/mol. The zero-order valence-corrected chi connectivity index (χ0v) is 8.39. The minimum Gasteiger partial charge on any atom is -0.329 e. The van der Waals surface area contributed by atoms with Gasteiger partial charge in [0.2, 0.25) is 0 Å². The molecule has 0 bridgehead atoms. The highest BCUT2D eigenvalue weighted by Crippen LogP contribution is 2.29. The Morgan fingerprint density at radius 1 is 1.29 bits per heavy atom. The van der Waals surface area contributed by atoms with Gasteiger partial charge in [-0.1, -0.05) is 19.3 Å². The third kappa shape index (κ3) is 2.09.